The molecule has 0 aliphatic carbocycles. The summed E-state index contributed by atoms with van der Waals surface area (Å²) in [6, 6.07) is 12.2. The highest BCUT2D eigenvalue weighted by molar-refractivity contribution is 6.00. The number of hydrogen-bond acceptors (Lipinski definition) is 4. The molecule has 2 aromatic rings. The van der Waals surface area contributed by atoms with Gasteiger partial charge in [0, 0.05) is 18.4 Å². The predicted molar refractivity (Wildman–Crippen MR) is 91.8 cm³/mol. The first-order chi connectivity index (χ1) is 11.5. The summed E-state index contributed by atoms with van der Waals surface area (Å²) in [5, 5.41) is 4.64. The molecule has 0 saturated carbocycles. The molecule has 0 aliphatic rings. The minimum Gasteiger partial charge on any atom is -0.467 e. The van der Waals surface area contributed by atoms with Gasteiger partial charge in [-0.15, -0.1) is 0 Å². The van der Waals surface area contributed by atoms with E-state index in [1.165, 1.54) is 7.11 Å². The smallest absolute Gasteiger partial charge is 0.328 e. The molecule has 5 heteroatoms. The third-order valence-corrected chi connectivity index (χ3v) is 3.91. The van der Waals surface area contributed by atoms with Crippen LogP contribution >= 0.6 is 0 Å². The second-order valence-corrected chi connectivity index (χ2v) is 5.54. The standard InChI is InChI=1S/C19H21NO4/c1-3-16(21)10-11-17(19(23)24-2)20-18(22)15-9-8-13-6-4-5-7-14(13)12-15/h4-9,12,17H,3,10-11H2,1-2H3,(H,20,22)/t17-/m0/s1. The highest BCUT2D eigenvalue weighted by atomic mass is 16.5. The number of esters is 1. The molecule has 0 spiro atoms. The van der Waals surface area contributed by atoms with Gasteiger partial charge >= 0.3 is 5.97 Å². The molecule has 0 fully saturated rings. The Morgan fingerprint density at radius 3 is 2.46 bits per heavy atom. The Hall–Kier alpha value is -2.69. The second-order valence-electron chi connectivity index (χ2n) is 5.54. The van der Waals surface area contributed by atoms with E-state index >= 15 is 0 Å². The number of fused-ring (bicyclic) bond motifs is 1. The van der Waals surface area contributed by atoms with Gasteiger partial charge in [-0.3, -0.25) is 9.59 Å². The van der Waals surface area contributed by atoms with Gasteiger partial charge in [-0.1, -0.05) is 37.3 Å². The van der Waals surface area contributed by atoms with Gasteiger partial charge < -0.3 is 10.1 Å². The number of benzene rings is 2. The normalized spacial score (nSPS) is 11.8. The summed E-state index contributed by atoms with van der Waals surface area (Å²) < 4.78 is 4.72. The second kappa shape index (κ2) is 8.24. The maximum absolute atomic E-state index is 12.4. The van der Waals surface area contributed by atoms with E-state index in [0.29, 0.717) is 12.0 Å². The number of rotatable bonds is 7. The van der Waals surface area contributed by atoms with E-state index in [2.05, 4.69) is 5.32 Å². The van der Waals surface area contributed by atoms with Crippen LogP contribution in [0.15, 0.2) is 42.5 Å². The van der Waals surface area contributed by atoms with E-state index in [4.69, 9.17) is 4.74 Å². The minimum atomic E-state index is -0.829. The summed E-state index contributed by atoms with van der Waals surface area (Å²) in [5.41, 5.74) is 0.462. The maximum Gasteiger partial charge on any atom is 0.328 e. The van der Waals surface area contributed by atoms with Crippen molar-refractivity contribution >= 4 is 28.4 Å². The van der Waals surface area contributed by atoms with Crippen molar-refractivity contribution in [3.63, 3.8) is 0 Å². The average molecular weight is 327 g/mol. The number of hydrogen-bond donors (Lipinski definition) is 1. The van der Waals surface area contributed by atoms with E-state index < -0.39 is 12.0 Å². The molecule has 5 nitrogen and oxygen atoms in total. The number of nitrogens with one attached hydrogen (secondary N) is 1. The summed E-state index contributed by atoms with van der Waals surface area (Å²) in [6.07, 6.45) is 0.874. The van der Waals surface area contributed by atoms with E-state index in [1.807, 2.05) is 30.3 Å². The van der Waals surface area contributed by atoms with Crippen LogP contribution in [0.25, 0.3) is 10.8 Å². The molecule has 2 aromatic carbocycles. The monoisotopic (exact) mass is 327 g/mol. The Labute approximate surface area is 141 Å². The maximum atomic E-state index is 12.4. The molecular weight excluding hydrogens is 306 g/mol. The lowest BCUT2D eigenvalue weighted by Crippen LogP contribution is -2.41. The fourth-order valence-corrected chi connectivity index (χ4v) is 2.45. The zero-order chi connectivity index (χ0) is 17.5. The third-order valence-electron chi connectivity index (χ3n) is 3.91. The molecule has 1 amide bonds. The number of methoxy groups -OCH3 is 1. The van der Waals surface area contributed by atoms with Crippen LogP contribution in [-0.4, -0.2) is 30.8 Å². The van der Waals surface area contributed by atoms with Crippen molar-refractivity contribution in [2.24, 2.45) is 0 Å². The first kappa shape index (κ1) is 17.7. The molecule has 2 rings (SSSR count). The molecule has 0 radical (unpaired) electrons. The molecule has 126 valence electrons. The van der Waals surface area contributed by atoms with Crippen molar-refractivity contribution in [1.29, 1.82) is 0 Å². The van der Waals surface area contributed by atoms with Crippen LogP contribution in [0.2, 0.25) is 0 Å². The van der Waals surface area contributed by atoms with Gasteiger partial charge in [0.05, 0.1) is 7.11 Å². The summed E-state index contributed by atoms with van der Waals surface area (Å²) in [7, 11) is 1.26. The lowest BCUT2D eigenvalue weighted by atomic mass is 10.0. The van der Waals surface area contributed by atoms with Crippen molar-refractivity contribution in [2.45, 2.75) is 32.2 Å². The van der Waals surface area contributed by atoms with Crippen LogP contribution in [0, 0.1) is 0 Å². The molecule has 1 N–H and O–H groups in total. The lowest BCUT2D eigenvalue weighted by molar-refractivity contribution is -0.143. The van der Waals surface area contributed by atoms with E-state index in [-0.39, 0.29) is 24.5 Å². The molecule has 0 bridgehead atoms. The molecule has 0 aliphatic heterocycles. The predicted octanol–water partition coefficient (Wildman–Crippen LogP) is 2.87. The lowest BCUT2D eigenvalue weighted by Gasteiger charge is -2.16. The van der Waals surface area contributed by atoms with Crippen molar-refractivity contribution in [1.82, 2.24) is 5.32 Å². The number of carbonyl (C=O) groups excluding carboxylic acids is 3. The summed E-state index contributed by atoms with van der Waals surface area (Å²) >= 11 is 0. The molecule has 24 heavy (non-hydrogen) atoms. The molecule has 0 aromatic heterocycles. The van der Waals surface area contributed by atoms with Crippen LogP contribution in [0.1, 0.15) is 36.5 Å². The highest BCUT2D eigenvalue weighted by Crippen LogP contribution is 2.16. The fourth-order valence-electron chi connectivity index (χ4n) is 2.45. The third kappa shape index (κ3) is 4.41. The fraction of sp³-hybridized carbons (Fsp3) is 0.316. The Bertz CT molecular complexity index is 754. The molecule has 1 atom stereocenters. The average Bonchev–Trinajstić information content (AvgIpc) is 2.63. The molecular formula is C19H21NO4. The van der Waals surface area contributed by atoms with Crippen LogP contribution in [0.3, 0.4) is 0 Å². The van der Waals surface area contributed by atoms with Gasteiger partial charge in [0.2, 0.25) is 0 Å². The Morgan fingerprint density at radius 1 is 1.08 bits per heavy atom. The molecule has 0 heterocycles. The summed E-state index contributed by atoms with van der Waals surface area (Å²) in [5.74, 6) is -0.864. The van der Waals surface area contributed by atoms with Crippen molar-refractivity contribution < 1.29 is 19.1 Å². The van der Waals surface area contributed by atoms with Gasteiger partial charge in [-0.05, 0) is 29.3 Å². The molecule has 0 unspecified atom stereocenters. The number of ether oxygens (including phenoxy) is 1. The number of ketones is 1. The van der Waals surface area contributed by atoms with E-state index in [0.717, 1.165) is 10.8 Å². The van der Waals surface area contributed by atoms with Crippen molar-refractivity contribution in [2.75, 3.05) is 7.11 Å². The Morgan fingerprint density at radius 2 is 1.79 bits per heavy atom. The van der Waals surface area contributed by atoms with Crippen molar-refractivity contribution in [3.05, 3.63) is 48.0 Å². The number of Topliss-reactive ketones (excluding diaryl/α,β-unsaturated/α-hetero) is 1. The van der Waals surface area contributed by atoms with Crippen LogP contribution in [0.5, 0.6) is 0 Å². The SMILES string of the molecule is CCC(=O)CC[C@H](NC(=O)c1ccc2ccccc2c1)C(=O)OC. The highest BCUT2D eigenvalue weighted by Gasteiger charge is 2.22. The van der Waals surface area contributed by atoms with E-state index in [9.17, 15) is 14.4 Å². The van der Waals surface area contributed by atoms with E-state index in [1.54, 1.807) is 19.1 Å². The largest absolute Gasteiger partial charge is 0.467 e. The number of carbonyl (C=O) groups is 3. The Balaban J connectivity index is 2.12. The van der Waals surface area contributed by atoms with Gasteiger partial charge in [0.25, 0.3) is 5.91 Å². The zero-order valence-corrected chi connectivity index (χ0v) is 13.9. The van der Waals surface area contributed by atoms with Crippen LogP contribution < -0.4 is 5.32 Å². The first-order valence-corrected chi connectivity index (χ1v) is 7.94. The van der Waals surface area contributed by atoms with Gasteiger partial charge in [-0.25, -0.2) is 4.79 Å². The first-order valence-electron chi connectivity index (χ1n) is 7.94. The Kier molecular flexibility index (Phi) is 6.07. The van der Waals surface area contributed by atoms with Crippen LogP contribution in [-0.2, 0) is 14.3 Å². The molecule has 0 saturated heterocycles. The van der Waals surface area contributed by atoms with Crippen molar-refractivity contribution in [3.8, 4) is 0 Å². The van der Waals surface area contributed by atoms with Gasteiger partial charge in [-0.2, -0.15) is 0 Å². The zero-order valence-electron chi connectivity index (χ0n) is 13.9. The number of amides is 1. The van der Waals surface area contributed by atoms with Gasteiger partial charge in [0.1, 0.15) is 11.8 Å². The summed E-state index contributed by atoms with van der Waals surface area (Å²) in [6.45, 7) is 1.77. The minimum absolute atomic E-state index is 0.0452. The topological polar surface area (TPSA) is 72.5 Å². The van der Waals surface area contributed by atoms with Gasteiger partial charge in [0.15, 0.2) is 0 Å². The quantitative estimate of drug-likeness (QED) is 0.794. The van der Waals surface area contributed by atoms with Crippen LogP contribution in [0.4, 0.5) is 0 Å². The summed E-state index contributed by atoms with van der Waals surface area (Å²) in [4.78, 5) is 35.7.